The maximum Gasteiger partial charge on any atom is 0.167 e. The van der Waals surface area contributed by atoms with Crippen molar-refractivity contribution >= 4 is 5.78 Å². The lowest BCUT2D eigenvalue weighted by atomic mass is 9.89. The maximum atomic E-state index is 12.3. The molecule has 0 aromatic heterocycles. The fraction of sp³-hybridized carbons (Fsp3) is 0.269. The van der Waals surface area contributed by atoms with E-state index in [1.807, 2.05) is 0 Å². The maximum absolute atomic E-state index is 12.3. The first kappa shape index (κ1) is 24.8. The number of hydrogen-bond acceptors (Lipinski definition) is 10. The number of aromatic hydroxyl groups is 6. The van der Waals surface area contributed by atoms with Crippen LogP contribution in [0.3, 0.4) is 0 Å². The molecule has 10 nitrogen and oxygen atoms in total. The van der Waals surface area contributed by atoms with Gasteiger partial charge in [0.25, 0.3) is 0 Å². The Labute approximate surface area is 205 Å². The molecule has 4 rings (SSSR count). The first-order chi connectivity index (χ1) is 17.0. The van der Waals surface area contributed by atoms with E-state index in [1.54, 1.807) is 0 Å². The fourth-order valence-electron chi connectivity index (χ4n) is 4.58. The van der Waals surface area contributed by atoms with Gasteiger partial charge in [-0.05, 0) is 31.5 Å². The summed E-state index contributed by atoms with van der Waals surface area (Å²) in [6.07, 6.45) is -2.59. The third-order valence-electron chi connectivity index (χ3n) is 6.42. The van der Waals surface area contributed by atoms with E-state index in [1.165, 1.54) is 39.2 Å². The molecular formula is C26H26O10. The minimum atomic E-state index is -1.15. The summed E-state index contributed by atoms with van der Waals surface area (Å²) in [6, 6.07) is 4.96. The van der Waals surface area contributed by atoms with Crippen molar-refractivity contribution in [2.75, 3.05) is 7.11 Å². The zero-order chi connectivity index (χ0) is 26.5. The number of aliphatic hydroxyl groups is 1. The molecule has 3 aromatic carbocycles. The molecule has 10 heteroatoms. The van der Waals surface area contributed by atoms with Gasteiger partial charge in [0.15, 0.2) is 17.3 Å². The van der Waals surface area contributed by atoms with E-state index in [9.17, 15) is 40.5 Å². The Morgan fingerprint density at radius 3 is 2.28 bits per heavy atom. The highest BCUT2D eigenvalue weighted by Gasteiger charge is 2.36. The first-order valence-corrected chi connectivity index (χ1v) is 11.0. The Morgan fingerprint density at radius 2 is 1.67 bits per heavy atom. The molecule has 1 aliphatic heterocycles. The van der Waals surface area contributed by atoms with Crippen LogP contribution in [0.5, 0.6) is 46.0 Å². The molecule has 0 bridgehead atoms. The number of aliphatic hydroxyl groups excluding tert-OH is 1. The average Bonchev–Trinajstić information content (AvgIpc) is 2.82. The summed E-state index contributed by atoms with van der Waals surface area (Å²) < 4.78 is 11.2. The number of carbonyl (C=O) groups excluding carboxylic acids is 1. The van der Waals surface area contributed by atoms with Gasteiger partial charge in [-0.1, -0.05) is 6.07 Å². The summed E-state index contributed by atoms with van der Waals surface area (Å²) in [5.74, 6) is -2.89. The van der Waals surface area contributed by atoms with Gasteiger partial charge in [0.1, 0.15) is 46.2 Å². The number of phenolic OH excluding ortho intramolecular Hbond substituents is 6. The van der Waals surface area contributed by atoms with Crippen LogP contribution in [0, 0.1) is 6.92 Å². The number of carbonyl (C=O) groups is 1. The monoisotopic (exact) mass is 498 g/mol. The van der Waals surface area contributed by atoms with Crippen LogP contribution in [-0.2, 0) is 12.8 Å². The van der Waals surface area contributed by atoms with Crippen molar-refractivity contribution in [3.8, 4) is 46.0 Å². The number of benzene rings is 3. The zero-order valence-electron chi connectivity index (χ0n) is 19.7. The molecule has 7 N–H and O–H groups in total. The second-order valence-corrected chi connectivity index (χ2v) is 8.70. The molecule has 0 saturated heterocycles. The molecule has 2 atom stereocenters. The summed E-state index contributed by atoms with van der Waals surface area (Å²) in [6.45, 7) is 2.75. The number of methoxy groups -OCH3 is 1. The number of Topliss-reactive ketones (excluding diaryl/α,β-unsaturated/α-hetero) is 1. The molecule has 0 radical (unpaired) electrons. The molecule has 0 amide bonds. The summed E-state index contributed by atoms with van der Waals surface area (Å²) >= 11 is 0. The minimum absolute atomic E-state index is 0.00649. The molecule has 0 aliphatic carbocycles. The topological polar surface area (TPSA) is 177 Å². The number of ether oxygens (including phenoxy) is 2. The van der Waals surface area contributed by atoms with Gasteiger partial charge < -0.3 is 45.2 Å². The Kier molecular flexibility index (Phi) is 6.23. The predicted molar refractivity (Wildman–Crippen MR) is 126 cm³/mol. The molecule has 0 fully saturated rings. The van der Waals surface area contributed by atoms with Gasteiger partial charge in [0, 0.05) is 41.2 Å². The fourth-order valence-corrected chi connectivity index (χ4v) is 4.58. The number of rotatable bonds is 5. The van der Waals surface area contributed by atoms with Gasteiger partial charge in [-0.15, -0.1) is 0 Å². The highest BCUT2D eigenvalue weighted by atomic mass is 16.5. The lowest BCUT2D eigenvalue weighted by Gasteiger charge is -2.33. The summed E-state index contributed by atoms with van der Waals surface area (Å²) in [5.41, 5.74) is 0.579. The smallest absolute Gasteiger partial charge is 0.167 e. The minimum Gasteiger partial charge on any atom is -0.507 e. The Balaban J connectivity index is 1.87. The molecule has 0 spiro atoms. The van der Waals surface area contributed by atoms with Crippen LogP contribution in [-0.4, -0.2) is 54.7 Å². The normalized spacial score (nSPS) is 16.8. The van der Waals surface area contributed by atoms with Crippen molar-refractivity contribution in [1.29, 1.82) is 0 Å². The van der Waals surface area contributed by atoms with Gasteiger partial charge in [-0.2, -0.15) is 0 Å². The van der Waals surface area contributed by atoms with Crippen molar-refractivity contribution in [1.82, 2.24) is 0 Å². The van der Waals surface area contributed by atoms with Crippen molar-refractivity contribution in [2.24, 2.45) is 0 Å². The van der Waals surface area contributed by atoms with Crippen LogP contribution in [0.4, 0.5) is 0 Å². The SMILES string of the molecule is COc1c(C)c(O)c(Cc2c(O)cc(O)c3c2O[C@H](c2ccc(O)c(O)c2)[C@H](O)C3)c(O)c1C(C)=O. The van der Waals surface area contributed by atoms with Crippen molar-refractivity contribution in [3.05, 3.63) is 57.6 Å². The molecule has 0 unspecified atom stereocenters. The summed E-state index contributed by atoms with van der Waals surface area (Å²) in [4.78, 5) is 12.3. The van der Waals surface area contributed by atoms with E-state index in [0.29, 0.717) is 5.56 Å². The first-order valence-electron chi connectivity index (χ1n) is 11.0. The lowest BCUT2D eigenvalue weighted by Crippen LogP contribution is -2.31. The van der Waals surface area contributed by atoms with Crippen LogP contribution in [0.2, 0.25) is 0 Å². The standard InChI is InChI=1S/C26H26O10/c1-10-22(33)15(23(34)21(11(2)27)24(10)35-3)7-13-17(29)9-18(30)14-8-20(32)25(36-26(13)14)12-4-5-16(28)19(31)6-12/h4-6,9,20,25,28-34H,7-8H2,1-3H3/t20-,25-/m1/s1. The molecular weight excluding hydrogens is 472 g/mol. The van der Waals surface area contributed by atoms with E-state index < -0.39 is 35.2 Å². The van der Waals surface area contributed by atoms with E-state index in [2.05, 4.69) is 0 Å². The second-order valence-electron chi connectivity index (χ2n) is 8.70. The highest BCUT2D eigenvalue weighted by molar-refractivity contribution is 6.01. The molecule has 0 saturated carbocycles. The van der Waals surface area contributed by atoms with Gasteiger partial charge in [0.2, 0.25) is 0 Å². The number of fused-ring (bicyclic) bond motifs is 1. The van der Waals surface area contributed by atoms with Crippen molar-refractivity contribution in [2.45, 2.75) is 38.9 Å². The lowest BCUT2D eigenvalue weighted by molar-refractivity contribution is 0.0190. The van der Waals surface area contributed by atoms with Crippen LogP contribution >= 0.6 is 0 Å². The average molecular weight is 498 g/mol. The summed E-state index contributed by atoms with van der Waals surface area (Å²) in [7, 11) is 1.30. The predicted octanol–water partition coefficient (Wildman–Crippen LogP) is 3.07. The zero-order valence-corrected chi connectivity index (χ0v) is 19.7. The molecule has 36 heavy (non-hydrogen) atoms. The molecule has 1 heterocycles. The third kappa shape index (κ3) is 3.95. The van der Waals surface area contributed by atoms with Gasteiger partial charge in [-0.3, -0.25) is 4.79 Å². The van der Waals surface area contributed by atoms with E-state index in [-0.39, 0.29) is 69.4 Å². The van der Waals surface area contributed by atoms with Crippen LogP contribution in [0.15, 0.2) is 24.3 Å². The largest absolute Gasteiger partial charge is 0.507 e. The Bertz CT molecular complexity index is 1380. The van der Waals surface area contributed by atoms with Crippen molar-refractivity contribution < 1.29 is 50.0 Å². The van der Waals surface area contributed by atoms with Gasteiger partial charge in [-0.25, -0.2) is 0 Å². The molecule has 3 aromatic rings. The van der Waals surface area contributed by atoms with Crippen LogP contribution in [0.1, 0.15) is 51.2 Å². The molecule has 190 valence electrons. The van der Waals surface area contributed by atoms with Gasteiger partial charge in [0.05, 0.1) is 13.2 Å². The van der Waals surface area contributed by atoms with E-state index >= 15 is 0 Å². The van der Waals surface area contributed by atoms with Gasteiger partial charge >= 0.3 is 0 Å². The second kappa shape index (κ2) is 9.04. The summed E-state index contributed by atoms with van der Waals surface area (Å²) in [5, 5.41) is 73.1. The molecule has 1 aliphatic rings. The third-order valence-corrected chi connectivity index (χ3v) is 6.42. The van der Waals surface area contributed by atoms with Crippen LogP contribution in [0.25, 0.3) is 0 Å². The number of hydrogen-bond donors (Lipinski definition) is 7. The van der Waals surface area contributed by atoms with E-state index in [4.69, 9.17) is 9.47 Å². The number of ketones is 1. The van der Waals surface area contributed by atoms with E-state index in [0.717, 1.165) is 6.07 Å². The van der Waals surface area contributed by atoms with Crippen molar-refractivity contribution in [3.63, 3.8) is 0 Å². The number of phenols is 6. The Hall–Kier alpha value is -4.31. The van der Waals surface area contributed by atoms with Crippen LogP contribution < -0.4 is 9.47 Å². The highest BCUT2D eigenvalue weighted by Crippen LogP contribution is 2.49. The quantitative estimate of drug-likeness (QED) is 0.204. The Morgan fingerprint density at radius 1 is 0.972 bits per heavy atom.